The van der Waals surface area contributed by atoms with Crippen LogP contribution in [0.25, 0.3) is 0 Å². The molecule has 9 atom stereocenters. The van der Waals surface area contributed by atoms with Crippen molar-refractivity contribution in [3.63, 3.8) is 0 Å². The lowest BCUT2D eigenvalue weighted by atomic mass is 9.36. The van der Waals surface area contributed by atoms with Crippen molar-refractivity contribution in [3.8, 4) is 0 Å². The molecular weight excluding hydrogens is 328 g/mol. The van der Waals surface area contributed by atoms with E-state index >= 15 is 0 Å². The molecule has 1 nitrogen and oxygen atoms in total. The molecule has 27 heavy (non-hydrogen) atoms. The van der Waals surface area contributed by atoms with Crippen LogP contribution in [0.15, 0.2) is 0 Å². The third-order valence-corrected chi connectivity index (χ3v) is 11.9. The second kappa shape index (κ2) is 5.77. The van der Waals surface area contributed by atoms with Crippen molar-refractivity contribution in [2.24, 2.45) is 51.2 Å². The summed E-state index contributed by atoms with van der Waals surface area (Å²) in [6.07, 6.45) is 15.5. The summed E-state index contributed by atoms with van der Waals surface area (Å²) in [6.45, 7) is 12.8. The van der Waals surface area contributed by atoms with Gasteiger partial charge in [0.25, 0.3) is 0 Å². The van der Waals surface area contributed by atoms with Crippen molar-refractivity contribution >= 4 is 0 Å². The molecule has 0 aliphatic heterocycles. The first-order valence-electron chi connectivity index (χ1n) is 12.3. The molecule has 5 aliphatic carbocycles. The number of aliphatic hydroxyl groups excluding tert-OH is 1. The van der Waals surface area contributed by atoms with Gasteiger partial charge in [0.05, 0.1) is 6.10 Å². The Balaban J connectivity index is 1.48. The van der Waals surface area contributed by atoms with Gasteiger partial charge >= 0.3 is 0 Å². The number of hydrogen-bond acceptors (Lipinski definition) is 1. The minimum absolute atomic E-state index is 0.0925. The molecule has 5 fully saturated rings. The van der Waals surface area contributed by atoms with Crippen LogP contribution in [0.1, 0.15) is 105 Å². The molecular formula is C26H44O. The van der Waals surface area contributed by atoms with Crippen LogP contribution in [-0.2, 0) is 0 Å². The van der Waals surface area contributed by atoms with Crippen LogP contribution >= 0.6 is 0 Å². The molecule has 5 rings (SSSR count). The molecule has 5 aliphatic rings. The van der Waals surface area contributed by atoms with Gasteiger partial charge in [0, 0.05) is 0 Å². The van der Waals surface area contributed by atoms with Crippen LogP contribution in [-0.4, -0.2) is 11.2 Å². The Hall–Kier alpha value is -0.0400. The van der Waals surface area contributed by atoms with Gasteiger partial charge in [0.15, 0.2) is 0 Å². The van der Waals surface area contributed by atoms with Gasteiger partial charge in [-0.3, -0.25) is 0 Å². The average molecular weight is 373 g/mol. The fourth-order valence-electron chi connectivity index (χ4n) is 10.5. The van der Waals surface area contributed by atoms with E-state index in [0.29, 0.717) is 22.2 Å². The normalized spacial score (nSPS) is 59.3. The summed E-state index contributed by atoms with van der Waals surface area (Å²) in [5, 5.41) is 10.8. The van der Waals surface area contributed by atoms with E-state index in [0.717, 1.165) is 30.1 Å². The van der Waals surface area contributed by atoms with E-state index < -0.39 is 0 Å². The molecule has 4 unspecified atom stereocenters. The van der Waals surface area contributed by atoms with E-state index in [1.807, 2.05) is 0 Å². The second-order valence-electron chi connectivity index (χ2n) is 13.1. The standard InChI is InChI=1S/C26H44O/c1-23(2)20-11-15-25(4)19-10-14-24(3)13-6-7-18(24)17(19)8-9-21(25)26(20,5)16-12-22(23)27/h17-22,27H,6-16H2,1-5H3/t17-,18?,19?,20?,21?,22+,24-,25+,26+/m1/s1. The smallest absolute Gasteiger partial charge is 0.0594 e. The summed E-state index contributed by atoms with van der Waals surface area (Å²) in [5.74, 6) is 4.64. The first-order chi connectivity index (χ1) is 12.6. The summed E-state index contributed by atoms with van der Waals surface area (Å²) < 4.78 is 0. The largest absolute Gasteiger partial charge is 0.393 e. The van der Waals surface area contributed by atoms with Gasteiger partial charge in [-0.1, -0.05) is 41.0 Å². The Labute approximate surface area is 168 Å². The highest BCUT2D eigenvalue weighted by atomic mass is 16.3. The van der Waals surface area contributed by atoms with Gasteiger partial charge in [-0.05, 0) is 115 Å². The summed E-state index contributed by atoms with van der Waals surface area (Å²) >= 11 is 0. The SMILES string of the molecule is CC1(C)C2CC[C@@]3(C)C4CC[C@@]5(C)CCCC5[C@H]4CCC3[C@@]2(C)CC[C@@H]1O. The minimum atomic E-state index is -0.0925. The molecule has 0 aromatic rings. The molecule has 0 heterocycles. The zero-order valence-electron chi connectivity index (χ0n) is 18.7. The fraction of sp³-hybridized carbons (Fsp3) is 1.00. The number of hydrogen-bond donors (Lipinski definition) is 1. The molecule has 1 N–H and O–H groups in total. The molecule has 0 radical (unpaired) electrons. The van der Waals surface area contributed by atoms with Crippen LogP contribution in [0, 0.1) is 51.2 Å². The zero-order chi connectivity index (χ0) is 19.2. The van der Waals surface area contributed by atoms with Gasteiger partial charge in [-0.15, -0.1) is 0 Å². The maximum absolute atomic E-state index is 10.8. The summed E-state index contributed by atoms with van der Waals surface area (Å²) in [4.78, 5) is 0. The summed E-state index contributed by atoms with van der Waals surface area (Å²) in [6, 6.07) is 0. The van der Waals surface area contributed by atoms with Gasteiger partial charge in [0.1, 0.15) is 0 Å². The van der Waals surface area contributed by atoms with Crippen molar-refractivity contribution in [3.05, 3.63) is 0 Å². The Kier molecular flexibility index (Phi) is 4.05. The third-order valence-electron chi connectivity index (χ3n) is 11.9. The lowest BCUT2D eigenvalue weighted by Crippen LogP contribution is -2.63. The molecule has 0 aromatic carbocycles. The fourth-order valence-corrected chi connectivity index (χ4v) is 10.5. The topological polar surface area (TPSA) is 20.2 Å². The number of fused-ring (bicyclic) bond motifs is 7. The first kappa shape index (κ1) is 19.0. The van der Waals surface area contributed by atoms with E-state index in [-0.39, 0.29) is 11.5 Å². The van der Waals surface area contributed by atoms with Crippen LogP contribution in [0.2, 0.25) is 0 Å². The van der Waals surface area contributed by atoms with E-state index in [1.165, 1.54) is 64.2 Å². The summed E-state index contributed by atoms with van der Waals surface area (Å²) in [7, 11) is 0. The molecule has 1 heteroatoms. The van der Waals surface area contributed by atoms with Crippen LogP contribution in [0.4, 0.5) is 0 Å². The van der Waals surface area contributed by atoms with Crippen LogP contribution < -0.4 is 0 Å². The predicted octanol–water partition coefficient (Wildman–Crippen LogP) is 6.83. The van der Waals surface area contributed by atoms with Gasteiger partial charge < -0.3 is 5.11 Å². The lowest BCUT2D eigenvalue weighted by molar-refractivity contribution is -0.213. The van der Waals surface area contributed by atoms with E-state index in [9.17, 15) is 5.11 Å². The predicted molar refractivity (Wildman–Crippen MR) is 112 cm³/mol. The maximum atomic E-state index is 10.8. The summed E-state index contributed by atoms with van der Waals surface area (Å²) in [5.41, 5.74) is 1.80. The highest BCUT2D eigenvalue weighted by molar-refractivity contribution is 5.14. The molecule has 0 amide bonds. The molecule has 0 bridgehead atoms. The first-order valence-corrected chi connectivity index (χ1v) is 12.3. The van der Waals surface area contributed by atoms with Crippen molar-refractivity contribution in [2.45, 2.75) is 111 Å². The average Bonchev–Trinajstić information content (AvgIpc) is 3.00. The Morgan fingerprint density at radius 1 is 0.630 bits per heavy atom. The second-order valence-corrected chi connectivity index (χ2v) is 13.1. The van der Waals surface area contributed by atoms with E-state index in [2.05, 4.69) is 34.6 Å². The highest BCUT2D eigenvalue weighted by Crippen LogP contribution is 2.72. The molecule has 0 aromatic heterocycles. The quantitative estimate of drug-likeness (QED) is 0.494. The van der Waals surface area contributed by atoms with Crippen molar-refractivity contribution in [1.82, 2.24) is 0 Å². The highest BCUT2D eigenvalue weighted by Gasteiger charge is 2.65. The molecule has 154 valence electrons. The molecule has 5 saturated carbocycles. The molecule has 0 spiro atoms. The van der Waals surface area contributed by atoms with Crippen LogP contribution in [0.5, 0.6) is 0 Å². The maximum Gasteiger partial charge on any atom is 0.0594 e. The third kappa shape index (κ3) is 2.33. The van der Waals surface area contributed by atoms with E-state index in [4.69, 9.17) is 0 Å². The minimum Gasteiger partial charge on any atom is -0.393 e. The van der Waals surface area contributed by atoms with Crippen molar-refractivity contribution < 1.29 is 5.11 Å². The number of aliphatic hydroxyl groups is 1. The zero-order valence-corrected chi connectivity index (χ0v) is 18.7. The lowest BCUT2D eigenvalue weighted by Gasteiger charge is -2.69. The van der Waals surface area contributed by atoms with Crippen molar-refractivity contribution in [1.29, 1.82) is 0 Å². The van der Waals surface area contributed by atoms with Crippen molar-refractivity contribution in [2.75, 3.05) is 0 Å². The Morgan fingerprint density at radius 2 is 1.37 bits per heavy atom. The van der Waals surface area contributed by atoms with Gasteiger partial charge in [0.2, 0.25) is 0 Å². The molecule has 0 saturated heterocycles. The Morgan fingerprint density at radius 3 is 2.15 bits per heavy atom. The monoisotopic (exact) mass is 372 g/mol. The number of rotatable bonds is 0. The van der Waals surface area contributed by atoms with Crippen LogP contribution in [0.3, 0.4) is 0 Å². The van der Waals surface area contributed by atoms with E-state index in [1.54, 1.807) is 0 Å². The van der Waals surface area contributed by atoms with Gasteiger partial charge in [-0.2, -0.15) is 0 Å². The van der Waals surface area contributed by atoms with Gasteiger partial charge in [-0.25, -0.2) is 0 Å². The Bertz CT molecular complexity index is 609.